The van der Waals surface area contributed by atoms with Crippen LogP contribution >= 0.6 is 11.3 Å². The van der Waals surface area contributed by atoms with Gasteiger partial charge in [-0.2, -0.15) is 0 Å². The van der Waals surface area contributed by atoms with Gasteiger partial charge in [-0.15, -0.1) is 0 Å². The van der Waals surface area contributed by atoms with Crippen LogP contribution in [0.2, 0.25) is 0 Å². The van der Waals surface area contributed by atoms with Gasteiger partial charge in [-0.05, 0) is 43.7 Å². The summed E-state index contributed by atoms with van der Waals surface area (Å²) in [6, 6.07) is 11.9. The highest BCUT2D eigenvalue weighted by atomic mass is 32.1. The van der Waals surface area contributed by atoms with E-state index in [0.29, 0.717) is 21.8 Å². The number of esters is 2. The summed E-state index contributed by atoms with van der Waals surface area (Å²) in [5.41, 5.74) is 1.12. The Morgan fingerprint density at radius 1 is 1.18 bits per heavy atom. The topological polar surface area (TPSA) is 87.0 Å². The van der Waals surface area contributed by atoms with Gasteiger partial charge in [-0.25, -0.2) is 14.2 Å². The smallest absolute Gasteiger partial charge is 0.338 e. The quantitative estimate of drug-likeness (QED) is 0.414. The molecule has 7 nitrogen and oxygen atoms in total. The monoisotopic (exact) mass is 480 g/mol. The largest absolute Gasteiger partial charge is 0.463 e. The Hall–Kier alpha value is -3.85. The lowest BCUT2D eigenvalue weighted by Gasteiger charge is -2.24. The third-order valence-electron chi connectivity index (χ3n) is 5.17. The molecule has 0 spiro atoms. The first-order chi connectivity index (χ1) is 16.3. The average molecular weight is 481 g/mol. The van der Waals surface area contributed by atoms with E-state index >= 15 is 0 Å². The molecule has 4 rings (SSSR count). The zero-order valence-electron chi connectivity index (χ0n) is 18.7. The Morgan fingerprint density at radius 2 is 1.88 bits per heavy atom. The number of carbonyl (C=O) groups is 2. The summed E-state index contributed by atoms with van der Waals surface area (Å²) in [5, 5.41) is 0. The molecular formula is C25H21FN2O5S. The number of benzene rings is 2. The molecule has 34 heavy (non-hydrogen) atoms. The van der Waals surface area contributed by atoms with Crippen LogP contribution in [0.5, 0.6) is 5.75 Å². The number of ether oxygens (including phenoxy) is 2. The third-order valence-corrected chi connectivity index (χ3v) is 6.15. The van der Waals surface area contributed by atoms with Crippen molar-refractivity contribution in [3.8, 4) is 5.75 Å². The molecule has 1 aromatic heterocycles. The second kappa shape index (κ2) is 9.56. The Morgan fingerprint density at radius 3 is 2.53 bits per heavy atom. The molecule has 2 heterocycles. The molecule has 0 saturated carbocycles. The van der Waals surface area contributed by atoms with E-state index < -0.39 is 29.4 Å². The van der Waals surface area contributed by atoms with E-state index in [4.69, 9.17) is 9.47 Å². The Balaban J connectivity index is 1.92. The van der Waals surface area contributed by atoms with Crippen molar-refractivity contribution < 1.29 is 23.5 Å². The van der Waals surface area contributed by atoms with E-state index in [1.807, 2.05) is 0 Å². The number of carbonyl (C=O) groups excluding carboxylic acids is 2. The number of aromatic nitrogens is 1. The van der Waals surface area contributed by atoms with E-state index in [1.54, 1.807) is 56.3 Å². The molecule has 1 atom stereocenters. The molecule has 0 unspecified atom stereocenters. The van der Waals surface area contributed by atoms with Gasteiger partial charge < -0.3 is 9.47 Å². The minimum absolute atomic E-state index is 0.158. The van der Waals surface area contributed by atoms with E-state index in [-0.39, 0.29) is 22.3 Å². The molecule has 1 aliphatic rings. The van der Waals surface area contributed by atoms with E-state index in [9.17, 15) is 18.8 Å². The molecule has 0 aliphatic carbocycles. The maximum absolute atomic E-state index is 14.2. The summed E-state index contributed by atoms with van der Waals surface area (Å²) in [7, 11) is 0. The Kier molecular flexibility index (Phi) is 6.56. The summed E-state index contributed by atoms with van der Waals surface area (Å²) in [4.78, 5) is 42.5. The first kappa shape index (κ1) is 23.3. The van der Waals surface area contributed by atoms with Crippen LogP contribution in [0.15, 0.2) is 69.6 Å². The van der Waals surface area contributed by atoms with Gasteiger partial charge in [0.25, 0.3) is 5.56 Å². The fraction of sp³-hybridized carbons (Fsp3) is 0.200. The fourth-order valence-corrected chi connectivity index (χ4v) is 4.76. The molecule has 0 saturated heterocycles. The molecule has 1 aliphatic heterocycles. The standard InChI is InChI=1S/C25H21FN2O5S/c1-4-32-24(31)21-14(2)27-25-28(22(21)16-9-11-18(12-10-16)33-15(3)29)23(30)20(34-25)13-17-7-5-6-8-19(17)26/h5-13,22H,4H2,1-3H3/t22-/m1/s1. The number of rotatable bonds is 5. The highest BCUT2D eigenvalue weighted by Crippen LogP contribution is 2.31. The second-order valence-electron chi connectivity index (χ2n) is 7.49. The summed E-state index contributed by atoms with van der Waals surface area (Å²) in [5.74, 6) is -1.16. The average Bonchev–Trinajstić information content (AvgIpc) is 3.09. The van der Waals surface area contributed by atoms with E-state index in [2.05, 4.69) is 4.99 Å². The summed E-state index contributed by atoms with van der Waals surface area (Å²) in [6.45, 7) is 4.83. The molecule has 0 bridgehead atoms. The highest BCUT2D eigenvalue weighted by molar-refractivity contribution is 7.07. The molecule has 0 fully saturated rings. The van der Waals surface area contributed by atoms with Crippen molar-refractivity contribution in [3.05, 3.63) is 96.4 Å². The van der Waals surface area contributed by atoms with Crippen molar-refractivity contribution in [2.45, 2.75) is 26.8 Å². The Labute approximate surface area is 198 Å². The SMILES string of the molecule is CCOC(=O)C1=C(C)N=c2sc(=Cc3ccccc3F)c(=O)n2[C@@H]1c1ccc(OC(C)=O)cc1. The van der Waals surface area contributed by atoms with Crippen molar-refractivity contribution >= 4 is 29.4 Å². The predicted molar refractivity (Wildman–Crippen MR) is 125 cm³/mol. The summed E-state index contributed by atoms with van der Waals surface area (Å²) in [6.07, 6.45) is 1.48. The number of nitrogens with zero attached hydrogens (tertiary/aromatic N) is 2. The van der Waals surface area contributed by atoms with Crippen molar-refractivity contribution in [1.82, 2.24) is 4.57 Å². The first-order valence-corrected chi connectivity index (χ1v) is 11.3. The number of hydrogen-bond acceptors (Lipinski definition) is 7. The lowest BCUT2D eigenvalue weighted by molar-refractivity contribution is -0.139. The molecule has 0 N–H and O–H groups in total. The normalized spacial score (nSPS) is 15.5. The maximum Gasteiger partial charge on any atom is 0.338 e. The van der Waals surface area contributed by atoms with Gasteiger partial charge in [-0.1, -0.05) is 41.7 Å². The first-order valence-electron chi connectivity index (χ1n) is 10.5. The van der Waals surface area contributed by atoms with Crippen LogP contribution < -0.4 is 19.6 Å². The van der Waals surface area contributed by atoms with E-state index in [0.717, 1.165) is 11.3 Å². The minimum Gasteiger partial charge on any atom is -0.463 e. The molecule has 0 radical (unpaired) electrons. The highest BCUT2D eigenvalue weighted by Gasteiger charge is 2.33. The van der Waals surface area contributed by atoms with Gasteiger partial charge in [0.1, 0.15) is 11.6 Å². The molecule has 2 aromatic carbocycles. The van der Waals surface area contributed by atoms with Crippen LogP contribution in [0.3, 0.4) is 0 Å². The minimum atomic E-state index is -0.815. The number of fused-ring (bicyclic) bond motifs is 1. The van der Waals surface area contributed by atoms with Crippen LogP contribution in [0.1, 0.15) is 37.9 Å². The van der Waals surface area contributed by atoms with Crippen molar-refractivity contribution in [3.63, 3.8) is 0 Å². The predicted octanol–water partition coefficient (Wildman–Crippen LogP) is 2.86. The van der Waals surface area contributed by atoms with Crippen LogP contribution in [-0.4, -0.2) is 23.1 Å². The molecular weight excluding hydrogens is 459 g/mol. The van der Waals surface area contributed by atoms with Gasteiger partial charge in [0, 0.05) is 12.5 Å². The van der Waals surface area contributed by atoms with Gasteiger partial charge in [0.15, 0.2) is 4.80 Å². The molecule has 9 heteroatoms. The fourth-order valence-electron chi connectivity index (χ4n) is 3.72. The number of allylic oxidation sites excluding steroid dienone is 1. The second-order valence-corrected chi connectivity index (χ2v) is 8.50. The van der Waals surface area contributed by atoms with Crippen LogP contribution in [0, 0.1) is 5.82 Å². The number of halogens is 1. The van der Waals surface area contributed by atoms with Crippen LogP contribution in [-0.2, 0) is 14.3 Å². The Bertz CT molecular complexity index is 1480. The van der Waals surface area contributed by atoms with Gasteiger partial charge in [-0.3, -0.25) is 14.2 Å². The summed E-state index contributed by atoms with van der Waals surface area (Å²) < 4.78 is 26.3. The van der Waals surface area contributed by atoms with Crippen molar-refractivity contribution in [2.24, 2.45) is 4.99 Å². The van der Waals surface area contributed by atoms with Gasteiger partial charge >= 0.3 is 11.9 Å². The van der Waals surface area contributed by atoms with Gasteiger partial charge in [0.05, 0.1) is 28.5 Å². The molecule has 3 aromatic rings. The third kappa shape index (κ3) is 4.47. The number of hydrogen-bond donors (Lipinski definition) is 0. The summed E-state index contributed by atoms with van der Waals surface area (Å²) >= 11 is 1.11. The van der Waals surface area contributed by atoms with Crippen molar-refractivity contribution in [1.29, 1.82) is 0 Å². The van der Waals surface area contributed by atoms with Gasteiger partial charge in [0.2, 0.25) is 0 Å². The zero-order valence-corrected chi connectivity index (χ0v) is 19.5. The van der Waals surface area contributed by atoms with Crippen LogP contribution in [0.25, 0.3) is 6.08 Å². The lowest BCUT2D eigenvalue weighted by Crippen LogP contribution is -2.39. The van der Waals surface area contributed by atoms with Crippen molar-refractivity contribution in [2.75, 3.05) is 6.61 Å². The van der Waals surface area contributed by atoms with Crippen LogP contribution in [0.4, 0.5) is 4.39 Å². The van der Waals surface area contributed by atoms with E-state index in [1.165, 1.54) is 23.6 Å². The lowest BCUT2D eigenvalue weighted by atomic mass is 9.96. The zero-order chi connectivity index (χ0) is 24.4. The molecule has 174 valence electrons. The molecule has 0 amide bonds. The number of thiazole rings is 1. The maximum atomic E-state index is 14.2.